The molecule has 0 fully saturated rings. The Balaban J connectivity index is 2.31. The molecule has 6 nitrogen and oxygen atoms in total. The first-order valence-corrected chi connectivity index (χ1v) is 7.76. The minimum Gasteiger partial charge on any atom is -0.337 e. The molecular weight excluding hydrogens is 276 g/mol. The van der Waals surface area contributed by atoms with E-state index in [9.17, 15) is 8.42 Å². The Morgan fingerprint density at radius 3 is 2.60 bits per heavy atom. The molecule has 20 heavy (non-hydrogen) atoms. The first-order chi connectivity index (χ1) is 9.29. The summed E-state index contributed by atoms with van der Waals surface area (Å²) < 4.78 is 28.6. The van der Waals surface area contributed by atoms with Gasteiger partial charge in [0.2, 0.25) is 0 Å². The van der Waals surface area contributed by atoms with Gasteiger partial charge in [0.05, 0.1) is 0 Å². The van der Waals surface area contributed by atoms with E-state index in [-0.39, 0.29) is 5.03 Å². The van der Waals surface area contributed by atoms with E-state index in [1.807, 2.05) is 19.9 Å². The van der Waals surface area contributed by atoms with Crippen molar-refractivity contribution in [2.24, 2.45) is 7.05 Å². The van der Waals surface area contributed by atoms with Gasteiger partial charge in [0.25, 0.3) is 10.0 Å². The molecule has 2 aromatic heterocycles. The van der Waals surface area contributed by atoms with Crippen LogP contribution in [-0.4, -0.2) is 23.0 Å². The third-order valence-electron chi connectivity index (χ3n) is 3.05. The second-order valence-electron chi connectivity index (χ2n) is 4.97. The highest BCUT2D eigenvalue weighted by Crippen LogP contribution is 2.19. The van der Waals surface area contributed by atoms with Gasteiger partial charge in [-0.05, 0) is 30.5 Å². The molecule has 7 heteroatoms. The Hall–Kier alpha value is -1.89. The molecule has 0 saturated heterocycles. The maximum absolute atomic E-state index is 12.2. The van der Waals surface area contributed by atoms with Crippen LogP contribution >= 0.6 is 0 Å². The minimum atomic E-state index is -3.70. The second kappa shape index (κ2) is 5.24. The molecule has 0 unspecified atom stereocenters. The Labute approximate surface area is 118 Å². The Bertz CT molecular complexity index is 700. The highest BCUT2D eigenvalue weighted by atomic mass is 32.2. The highest BCUT2D eigenvalue weighted by Gasteiger charge is 2.19. The summed E-state index contributed by atoms with van der Waals surface area (Å²) in [6.07, 6.45) is 3.07. The number of sulfonamides is 1. The van der Waals surface area contributed by atoms with Crippen LogP contribution in [0.15, 0.2) is 29.6 Å². The van der Waals surface area contributed by atoms with Crippen molar-refractivity contribution < 1.29 is 8.42 Å². The highest BCUT2D eigenvalue weighted by molar-refractivity contribution is 7.92. The molecule has 2 heterocycles. The lowest BCUT2D eigenvalue weighted by Crippen LogP contribution is -2.14. The first kappa shape index (κ1) is 14.5. The predicted octanol–water partition coefficient (Wildman–Crippen LogP) is 2.05. The van der Waals surface area contributed by atoms with Gasteiger partial charge in [0, 0.05) is 19.4 Å². The van der Waals surface area contributed by atoms with Gasteiger partial charge in [-0.15, -0.1) is 0 Å². The number of hydrogen-bond donors (Lipinski definition) is 1. The van der Waals surface area contributed by atoms with Gasteiger partial charge in [-0.25, -0.2) is 9.97 Å². The van der Waals surface area contributed by atoms with Gasteiger partial charge < -0.3 is 4.57 Å². The third kappa shape index (κ3) is 2.98. The Kier molecular flexibility index (Phi) is 3.80. The number of aromatic nitrogens is 3. The molecule has 108 valence electrons. The fourth-order valence-electron chi connectivity index (χ4n) is 1.71. The van der Waals surface area contributed by atoms with Crippen molar-refractivity contribution in [1.29, 1.82) is 0 Å². The summed E-state index contributed by atoms with van der Waals surface area (Å²) in [5, 5.41) is -0.00532. The molecule has 0 atom stereocenters. The fourth-order valence-corrected chi connectivity index (χ4v) is 2.75. The van der Waals surface area contributed by atoms with Crippen LogP contribution in [0.25, 0.3) is 0 Å². The van der Waals surface area contributed by atoms with Crippen molar-refractivity contribution in [3.8, 4) is 0 Å². The molecule has 0 bridgehead atoms. The number of nitrogens with zero attached hydrogens (tertiary/aromatic N) is 3. The van der Waals surface area contributed by atoms with E-state index >= 15 is 0 Å². The standard InChI is InChI=1S/C13H18N4O2S/c1-9(2)11-5-6-14-12(7-11)16-20(18,19)13-8-17(4)10(3)15-13/h5-9H,1-4H3,(H,14,16). The lowest BCUT2D eigenvalue weighted by Gasteiger charge is -2.08. The van der Waals surface area contributed by atoms with Crippen molar-refractivity contribution in [1.82, 2.24) is 14.5 Å². The van der Waals surface area contributed by atoms with Gasteiger partial charge in [-0.2, -0.15) is 8.42 Å². The van der Waals surface area contributed by atoms with Crippen molar-refractivity contribution >= 4 is 15.8 Å². The van der Waals surface area contributed by atoms with E-state index in [1.54, 1.807) is 30.8 Å². The molecule has 0 amide bonds. The average molecular weight is 294 g/mol. The van der Waals surface area contributed by atoms with Gasteiger partial charge >= 0.3 is 0 Å². The zero-order valence-corrected chi connectivity index (χ0v) is 12.8. The third-order valence-corrected chi connectivity index (χ3v) is 4.28. The molecule has 0 radical (unpaired) electrons. The van der Waals surface area contributed by atoms with Gasteiger partial charge in [0.1, 0.15) is 11.6 Å². The topological polar surface area (TPSA) is 76.9 Å². The molecule has 0 spiro atoms. The summed E-state index contributed by atoms with van der Waals surface area (Å²) in [4.78, 5) is 8.06. The number of aryl methyl sites for hydroxylation is 2. The van der Waals surface area contributed by atoms with E-state index in [4.69, 9.17) is 0 Å². The lowest BCUT2D eigenvalue weighted by molar-refractivity contribution is 0.597. The summed E-state index contributed by atoms with van der Waals surface area (Å²) >= 11 is 0. The van der Waals surface area contributed by atoms with Crippen molar-refractivity contribution in [2.75, 3.05) is 4.72 Å². The predicted molar refractivity (Wildman–Crippen MR) is 77.1 cm³/mol. The maximum Gasteiger partial charge on any atom is 0.282 e. The van der Waals surface area contributed by atoms with Crippen LogP contribution in [0.2, 0.25) is 0 Å². The summed E-state index contributed by atoms with van der Waals surface area (Å²) in [5.74, 6) is 1.24. The molecule has 2 aromatic rings. The van der Waals surface area contributed by atoms with E-state index in [1.165, 1.54) is 6.20 Å². The summed E-state index contributed by atoms with van der Waals surface area (Å²) in [6, 6.07) is 3.60. The number of nitrogens with one attached hydrogen (secondary N) is 1. The quantitative estimate of drug-likeness (QED) is 0.936. The zero-order chi connectivity index (χ0) is 14.9. The minimum absolute atomic E-state index is 0.00532. The Morgan fingerprint density at radius 1 is 1.35 bits per heavy atom. The van der Waals surface area contributed by atoms with Crippen LogP contribution in [-0.2, 0) is 17.1 Å². The zero-order valence-electron chi connectivity index (χ0n) is 12.0. The van der Waals surface area contributed by atoms with E-state index in [0.29, 0.717) is 17.6 Å². The molecular formula is C13H18N4O2S. The molecule has 0 saturated carbocycles. The summed E-state index contributed by atoms with van der Waals surface area (Å²) in [7, 11) is -1.95. The molecule has 0 aliphatic rings. The van der Waals surface area contributed by atoms with E-state index < -0.39 is 10.0 Å². The number of rotatable bonds is 4. The van der Waals surface area contributed by atoms with Crippen LogP contribution < -0.4 is 4.72 Å². The summed E-state index contributed by atoms with van der Waals surface area (Å²) in [6.45, 7) is 5.82. The normalized spacial score (nSPS) is 11.8. The van der Waals surface area contributed by atoms with Crippen LogP contribution in [0.4, 0.5) is 5.82 Å². The van der Waals surface area contributed by atoms with Crippen LogP contribution in [0.5, 0.6) is 0 Å². The fraction of sp³-hybridized carbons (Fsp3) is 0.385. The first-order valence-electron chi connectivity index (χ1n) is 6.28. The molecule has 0 aliphatic carbocycles. The van der Waals surface area contributed by atoms with Crippen LogP contribution in [0, 0.1) is 6.92 Å². The molecule has 0 aromatic carbocycles. The maximum atomic E-state index is 12.2. The second-order valence-corrected chi connectivity index (χ2v) is 6.60. The Morgan fingerprint density at radius 2 is 2.05 bits per heavy atom. The van der Waals surface area contributed by atoms with Crippen molar-refractivity contribution in [2.45, 2.75) is 31.7 Å². The van der Waals surface area contributed by atoms with Crippen molar-refractivity contribution in [3.05, 3.63) is 35.9 Å². The van der Waals surface area contributed by atoms with Crippen LogP contribution in [0.3, 0.4) is 0 Å². The van der Waals surface area contributed by atoms with Crippen molar-refractivity contribution in [3.63, 3.8) is 0 Å². The average Bonchev–Trinajstić information content (AvgIpc) is 2.70. The number of imidazole rings is 1. The number of hydrogen-bond acceptors (Lipinski definition) is 4. The lowest BCUT2D eigenvalue weighted by atomic mass is 10.1. The van der Waals surface area contributed by atoms with Gasteiger partial charge in [0.15, 0.2) is 5.03 Å². The van der Waals surface area contributed by atoms with E-state index in [2.05, 4.69) is 14.7 Å². The monoisotopic (exact) mass is 294 g/mol. The summed E-state index contributed by atoms with van der Waals surface area (Å²) in [5.41, 5.74) is 1.02. The number of anilines is 1. The molecule has 0 aliphatic heterocycles. The number of pyridine rings is 1. The van der Waals surface area contributed by atoms with Gasteiger partial charge in [-0.1, -0.05) is 13.8 Å². The van der Waals surface area contributed by atoms with E-state index in [0.717, 1.165) is 5.56 Å². The van der Waals surface area contributed by atoms with Crippen LogP contribution in [0.1, 0.15) is 31.2 Å². The molecule has 2 rings (SSSR count). The largest absolute Gasteiger partial charge is 0.337 e. The smallest absolute Gasteiger partial charge is 0.282 e. The molecule has 1 N–H and O–H groups in total. The SMILES string of the molecule is Cc1nc(S(=O)(=O)Nc2cc(C(C)C)ccn2)cn1C. The van der Waals surface area contributed by atoms with Gasteiger partial charge in [-0.3, -0.25) is 4.72 Å².